The second kappa shape index (κ2) is 38.3. The molecule has 1 heterocycles. The van der Waals surface area contributed by atoms with Gasteiger partial charge in [-0.05, 0) is 102 Å². The number of hydroxylamine groups is 1. The number of carbonyl (C=O) groups is 12. The Morgan fingerprint density at radius 2 is 1.03 bits per heavy atom. The number of aliphatic hydroxyl groups excluding tert-OH is 1. The molecule has 0 aliphatic carbocycles. The van der Waals surface area contributed by atoms with Crippen LogP contribution in [0.15, 0.2) is 12.2 Å². The van der Waals surface area contributed by atoms with E-state index in [1.54, 1.807) is 60.6 Å². The Hall–Kier alpha value is -6.74. The van der Waals surface area contributed by atoms with Gasteiger partial charge in [0.15, 0.2) is 0 Å². The first-order valence-electron chi connectivity index (χ1n) is 32.1. The zero-order valence-corrected chi connectivity index (χ0v) is 58.7. The molecule has 1 aliphatic heterocycles. The molecular formula is C64H114N12O15. The summed E-state index contributed by atoms with van der Waals surface area (Å²) in [4.78, 5) is 181. The van der Waals surface area contributed by atoms with Gasteiger partial charge in [0.2, 0.25) is 70.9 Å². The first kappa shape index (κ1) is 82.3. The highest BCUT2D eigenvalue weighted by molar-refractivity contribution is 5.99. The number of likely N-dealkylation sites (N-methyl/N-ethyl adjacent to an activating group) is 7. The number of rotatable bonds is 19. The Balaban J connectivity index is 4.39. The highest BCUT2D eigenvalue weighted by atomic mass is 16.5. The summed E-state index contributed by atoms with van der Waals surface area (Å²) in [6.07, 6.45) is 1.37. The Labute approximate surface area is 541 Å². The minimum atomic E-state index is -1.66. The van der Waals surface area contributed by atoms with Crippen molar-refractivity contribution in [2.45, 2.75) is 228 Å². The van der Waals surface area contributed by atoms with Crippen molar-refractivity contribution >= 4 is 70.9 Å². The third-order valence-corrected chi connectivity index (χ3v) is 16.8. The van der Waals surface area contributed by atoms with Crippen LogP contribution in [0.25, 0.3) is 0 Å². The van der Waals surface area contributed by atoms with Crippen LogP contribution in [0.5, 0.6) is 0 Å². The van der Waals surface area contributed by atoms with E-state index in [1.165, 1.54) is 95.2 Å². The van der Waals surface area contributed by atoms with Crippen molar-refractivity contribution in [3.63, 3.8) is 0 Å². The third-order valence-electron chi connectivity index (χ3n) is 16.8. The van der Waals surface area contributed by atoms with Crippen molar-refractivity contribution in [1.29, 1.82) is 0 Å². The molecule has 1 rings (SSSR count). The van der Waals surface area contributed by atoms with Gasteiger partial charge in [-0.15, -0.1) is 0 Å². The molecule has 0 saturated carbocycles. The van der Waals surface area contributed by atoms with E-state index in [0.717, 1.165) is 14.7 Å². The lowest BCUT2D eigenvalue weighted by molar-refractivity contribution is -0.157. The summed E-state index contributed by atoms with van der Waals surface area (Å²) in [5.41, 5.74) is 1.54. The highest BCUT2D eigenvalue weighted by Gasteiger charge is 2.46. The van der Waals surface area contributed by atoms with Gasteiger partial charge in [-0.2, -0.15) is 0 Å². The van der Waals surface area contributed by atoms with Crippen LogP contribution in [0.2, 0.25) is 0 Å². The molecule has 0 spiro atoms. The molecule has 0 aromatic carbocycles. The quantitative estimate of drug-likeness (QED) is 0.0421. The molecule has 0 radical (unpaired) electrons. The number of aliphatic hydroxyl groups is 1. The van der Waals surface area contributed by atoms with E-state index in [4.69, 9.17) is 9.94 Å². The predicted octanol–water partition coefficient (Wildman–Crippen LogP) is 1.91. The Morgan fingerprint density at radius 3 is 1.52 bits per heavy atom. The van der Waals surface area contributed by atoms with Gasteiger partial charge in [0.05, 0.1) is 18.8 Å². The van der Waals surface area contributed by atoms with E-state index >= 15 is 9.59 Å². The fourth-order valence-corrected chi connectivity index (χ4v) is 11.1. The molecule has 1 fully saturated rings. The standard InChI is InChI=1S/C64H114N12O15/c1-24-26-28-40(13)54(79)53-58(83)67-44(25-2)60(85)70(17)34-49(78)74(21)52(43(16)91-30-27-29-48(77)69-90)57(82)68-50(38(9)10)63(88)71(18)45(31-35(3)4)56(81)65-41(14)55(80)66-42(15)59(84)72(19)46(32-36(5)6)61(86)73(20)47(33-37(7)8)62(87)75(22)51(39(11)12)64(89)76(53)23/h24,26,35-47,50-54,79,90H,25,27-34H2,1-23H3,(H,65,81)(H,66,80)(H,67,83)(H,68,82)(H,69,77)/b26-24+/t40-,41+,42-,43-,44+,45+,46+,47+,50+,51+,52+,53+,54-/m1/s1. The second-order valence-corrected chi connectivity index (χ2v) is 26.6. The number of amides is 12. The van der Waals surface area contributed by atoms with E-state index in [2.05, 4.69) is 21.3 Å². The molecule has 27 nitrogen and oxygen atoms in total. The van der Waals surface area contributed by atoms with E-state index in [0.29, 0.717) is 0 Å². The summed E-state index contributed by atoms with van der Waals surface area (Å²) < 4.78 is 6.01. The molecule has 1 aliphatic rings. The second-order valence-electron chi connectivity index (χ2n) is 26.6. The molecule has 0 aromatic rings. The summed E-state index contributed by atoms with van der Waals surface area (Å²) in [6.45, 7) is 26.4. The van der Waals surface area contributed by atoms with Crippen molar-refractivity contribution in [1.82, 2.24) is 61.0 Å². The molecule has 91 heavy (non-hydrogen) atoms. The maximum absolute atomic E-state index is 15.2. The predicted molar refractivity (Wildman–Crippen MR) is 344 cm³/mol. The minimum absolute atomic E-state index is 0.0408. The van der Waals surface area contributed by atoms with Gasteiger partial charge in [0, 0.05) is 62.4 Å². The molecule has 7 N–H and O–H groups in total. The van der Waals surface area contributed by atoms with E-state index in [1.807, 2.05) is 41.5 Å². The molecule has 27 heteroatoms. The van der Waals surface area contributed by atoms with Crippen LogP contribution in [0, 0.1) is 35.5 Å². The fourth-order valence-electron chi connectivity index (χ4n) is 11.1. The van der Waals surface area contributed by atoms with Crippen LogP contribution < -0.4 is 26.7 Å². The van der Waals surface area contributed by atoms with Crippen molar-refractivity contribution in [3.8, 4) is 0 Å². The van der Waals surface area contributed by atoms with Crippen LogP contribution in [0.1, 0.15) is 156 Å². The Kier molecular flexibility index (Phi) is 34.6. The summed E-state index contributed by atoms with van der Waals surface area (Å²) in [6, 6.07) is -13.2. The lowest BCUT2D eigenvalue weighted by Gasteiger charge is -2.41. The van der Waals surface area contributed by atoms with Crippen molar-refractivity contribution in [3.05, 3.63) is 12.2 Å². The van der Waals surface area contributed by atoms with E-state index < -0.39 is 168 Å². The number of nitrogens with one attached hydrogen (secondary N) is 5. The van der Waals surface area contributed by atoms with Gasteiger partial charge in [-0.3, -0.25) is 62.7 Å². The van der Waals surface area contributed by atoms with Crippen molar-refractivity contribution in [2.75, 3.05) is 62.5 Å². The number of allylic oxidation sites excluding steroid dienone is 2. The van der Waals surface area contributed by atoms with Crippen LogP contribution in [0.3, 0.4) is 0 Å². The molecule has 1 saturated heterocycles. The zero-order valence-electron chi connectivity index (χ0n) is 58.7. The van der Waals surface area contributed by atoms with Crippen LogP contribution in [-0.4, -0.2) is 251 Å². The maximum Gasteiger partial charge on any atom is 0.246 e. The van der Waals surface area contributed by atoms with E-state index in [-0.39, 0.29) is 69.3 Å². The van der Waals surface area contributed by atoms with Gasteiger partial charge < -0.3 is 65.4 Å². The molecule has 13 atom stereocenters. The first-order chi connectivity index (χ1) is 42.2. The number of nitrogens with zero attached hydrogens (tertiary/aromatic N) is 7. The van der Waals surface area contributed by atoms with Crippen LogP contribution in [-0.2, 0) is 62.3 Å². The normalized spacial score (nSPS) is 26.1. The van der Waals surface area contributed by atoms with Crippen LogP contribution in [0.4, 0.5) is 0 Å². The average molecular weight is 1290 g/mol. The third kappa shape index (κ3) is 23.7. The molecule has 0 aromatic heterocycles. The summed E-state index contributed by atoms with van der Waals surface area (Å²) in [7, 11) is 9.58. The number of hydrogen-bond donors (Lipinski definition) is 7. The fraction of sp³-hybridized carbons (Fsp3) is 0.781. The Bertz CT molecular complexity index is 2510. The summed E-state index contributed by atoms with van der Waals surface area (Å²) in [5, 5.41) is 32.0. The van der Waals surface area contributed by atoms with Gasteiger partial charge in [-0.25, -0.2) is 5.48 Å². The topological polar surface area (TPSA) is 337 Å². The van der Waals surface area contributed by atoms with Gasteiger partial charge in [0.1, 0.15) is 60.4 Å². The summed E-state index contributed by atoms with van der Waals surface area (Å²) >= 11 is 0. The summed E-state index contributed by atoms with van der Waals surface area (Å²) in [5.74, 6) is -11.4. The minimum Gasteiger partial charge on any atom is -0.390 e. The molecular weight excluding hydrogens is 1180 g/mol. The van der Waals surface area contributed by atoms with Crippen molar-refractivity contribution in [2.24, 2.45) is 35.5 Å². The van der Waals surface area contributed by atoms with Gasteiger partial charge >= 0.3 is 0 Å². The van der Waals surface area contributed by atoms with E-state index in [9.17, 15) is 53.1 Å². The lowest BCUT2D eigenvalue weighted by atomic mass is 9.91. The highest BCUT2D eigenvalue weighted by Crippen LogP contribution is 2.26. The SMILES string of the molecule is C/C=C/C[C@@H](C)[C@@H](O)[C@H]1C(=O)N[C@@H](CC)C(=O)N(C)CC(=O)N(C)[C@@H]([C@@H](C)OCCCC(=O)NO)C(=O)N[C@@H](C(C)C)C(=O)N(C)[C@@H](CC(C)C)C(=O)N[C@@H](C)C(=O)N[C@H](C)C(=O)N(C)[C@@H](CC(C)C)C(=O)N(C)[C@@H](CC(C)C)C(=O)N(C)[C@@H](C(C)C)C(=O)N1C. The molecule has 0 unspecified atom stereocenters. The van der Waals surface area contributed by atoms with Crippen molar-refractivity contribution < 1.29 is 72.6 Å². The van der Waals surface area contributed by atoms with Crippen LogP contribution >= 0.6 is 0 Å². The number of ether oxygens (including phenoxy) is 1. The Morgan fingerprint density at radius 1 is 0.560 bits per heavy atom. The smallest absolute Gasteiger partial charge is 0.246 e. The van der Waals surface area contributed by atoms with Gasteiger partial charge in [0.25, 0.3) is 0 Å². The number of hydrogen-bond acceptors (Lipinski definition) is 15. The lowest BCUT2D eigenvalue weighted by Crippen LogP contribution is -2.63. The average Bonchev–Trinajstić information content (AvgIpc) is 0.923. The first-order valence-corrected chi connectivity index (χ1v) is 32.1. The number of carbonyl (C=O) groups excluding carboxylic acids is 12. The molecule has 0 bridgehead atoms. The maximum atomic E-state index is 15.2. The largest absolute Gasteiger partial charge is 0.390 e. The monoisotopic (exact) mass is 1290 g/mol. The molecule has 520 valence electrons. The zero-order chi connectivity index (χ0) is 70.4. The van der Waals surface area contributed by atoms with Gasteiger partial charge in [-0.1, -0.05) is 95.2 Å². The molecule has 12 amide bonds.